The lowest BCUT2D eigenvalue weighted by Gasteiger charge is -2.09. The van der Waals surface area contributed by atoms with Crippen molar-refractivity contribution in [1.82, 2.24) is 9.97 Å². The monoisotopic (exact) mass is 274 g/mol. The Morgan fingerprint density at radius 1 is 1.05 bits per heavy atom. The van der Waals surface area contributed by atoms with Gasteiger partial charge in [0.1, 0.15) is 0 Å². The van der Waals surface area contributed by atoms with Gasteiger partial charge in [-0.15, -0.1) is 0 Å². The van der Waals surface area contributed by atoms with Gasteiger partial charge in [0.25, 0.3) is 0 Å². The standard InChI is InChI=1S/C14H18N4O2/c1-19-12-7-13(20-2)18-14(17-12)16-9-11-5-3-4-10(6-11)8-15/h3-7H,8-9,15H2,1-2H3,(H,16,17,18). The first kappa shape index (κ1) is 14.1. The average Bonchev–Trinajstić information content (AvgIpc) is 2.52. The third kappa shape index (κ3) is 3.58. The molecule has 3 N–H and O–H groups in total. The Kier molecular flexibility index (Phi) is 4.73. The summed E-state index contributed by atoms with van der Waals surface area (Å²) >= 11 is 0. The van der Waals surface area contributed by atoms with E-state index >= 15 is 0 Å². The zero-order valence-corrected chi connectivity index (χ0v) is 11.6. The number of aromatic nitrogens is 2. The lowest BCUT2D eigenvalue weighted by Crippen LogP contribution is -2.06. The normalized spacial score (nSPS) is 10.2. The van der Waals surface area contributed by atoms with E-state index in [9.17, 15) is 0 Å². The van der Waals surface area contributed by atoms with Gasteiger partial charge < -0.3 is 20.5 Å². The van der Waals surface area contributed by atoms with E-state index in [2.05, 4.69) is 15.3 Å². The molecule has 0 aliphatic heterocycles. The van der Waals surface area contributed by atoms with Crippen molar-refractivity contribution in [1.29, 1.82) is 0 Å². The van der Waals surface area contributed by atoms with Crippen LogP contribution in [0.15, 0.2) is 30.3 Å². The Morgan fingerprint density at radius 3 is 2.30 bits per heavy atom. The van der Waals surface area contributed by atoms with Crippen molar-refractivity contribution in [2.45, 2.75) is 13.1 Å². The lowest BCUT2D eigenvalue weighted by atomic mass is 10.1. The molecule has 0 aliphatic rings. The second-order valence-electron chi connectivity index (χ2n) is 4.15. The number of ether oxygens (including phenoxy) is 2. The summed E-state index contributed by atoms with van der Waals surface area (Å²) in [5.74, 6) is 1.37. The van der Waals surface area contributed by atoms with Gasteiger partial charge in [0.15, 0.2) is 0 Å². The highest BCUT2D eigenvalue weighted by atomic mass is 16.5. The Morgan fingerprint density at radius 2 is 1.70 bits per heavy atom. The van der Waals surface area contributed by atoms with Crippen LogP contribution in [-0.2, 0) is 13.1 Å². The molecule has 0 aliphatic carbocycles. The number of nitrogens with two attached hydrogens (primary N) is 1. The van der Waals surface area contributed by atoms with Gasteiger partial charge in [-0.05, 0) is 11.1 Å². The number of anilines is 1. The molecule has 1 heterocycles. The second kappa shape index (κ2) is 6.72. The summed E-state index contributed by atoms with van der Waals surface area (Å²) in [6.07, 6.45) is 0. The van der Waals surface area contributed by atoms with E-state index in [-0.39, 0.29) is 0 Å². The molecular formula is C14H18N4O2. The Balaban J connectivity index is 2.09. The van der Waals surface area contributed by atoms with E-state index in [1.165, 1.54) is 0 Å². The van der Waals surface area contributed by atoms with Crippen molar-refractivity contribution < 1.29 is 9.47 Å². The first-order chi connectivity index (χ1) is 9.75. The molecule has 6 nitrogen and oxygen atoms in total. The van der Waals surface area contributed by atoms with Crippen molar-refractivity contribution in [3.63, 3.8) is 0 Å². The van der Waals surface area contributed by atoms with E-state index in [0.29, 0.717) is 30.8 Å². The fraction of sp³-hybridized carbons (Fsp3) is 0.286. The van der Waals surface area contributed by atoms with Crippen LogP contribution in [0.2, 0.25) is 0 Å². The summed E-state index contributed by atoms with van der Waals surface area (Å²) in [7, 11) is 3.10. The fourth-order valence-corrected chi connectivity index (χ4v) is 1.74. The van der Waals surface area contributed by atoms with E-state index in [1.807, 2.05) is 24.3 Å². The maximum absolute atomic E-state index is 5.62. The largest absolute Gasteiger partial charge is 0.481 e. The summed E-state index contributed by atoms with van der Waals surface area (Å²) in [5.41, 5.74) is 7.82. The number of methoxy groups -OCH3 is 2. The molecule has 0 unspecified atom stereocenters. The lowest BCUT2D eigenvalue weighted by molar-refractivity contribution is 0.373. The van der Waals surface area contributed by atoms with Crippen molar-refractivity contribution in [3.8, 4) is 11.8 Å². The van der Waals surface area contributed by atoms with E-state index in [4.69, 9.17) is 15.2 Å². The number of nitrogens with one attached hydrogen (secondary N) is 1. The Bertz CT molecular complexity index is 553. The van der Waals surface area contributed by atoms with Crippen LogP contribution in [0.4, 0.5) is 5.95 Å². The molecule has 2 rings (SSSR count). The quantitative estimate of drug-likeness (QED) is 0.832. The van der Waals surface area contributed by atoms with Crippen LogP contribution in [0.3, 0.4) is 0 Å². The molecule has 20 heavy (non-hydrogen) atoms. The predicted octanol–water partition coefficient (Wildman–Crippen LogP) is 1.56. The van der Waals surface area contributed by atoms with E-state index in [1.54, 1.807) is 20.3 Å². The van der Waals surface area contributed by atoms with Crippen molar-refractivity contribution in [2.24, 2.45) is 5.73 Å². The van der Waals surface area contributed by atoms with Crippen molar-refractivity contribution in [2.75, 3.05) is 19.5 Å². The van der Waals surface area contributed by atoms with Gasteiger partial charge in [0.05, 0.1) is 20.3 Å². The number of hydrogen-bond acceptors (Lipinski definition) is 6. The highest BCUT2D eigenvalue weighted by Gasteiger charge is 2.05. The topological polar surface area (TPSA) is 82.3 Å². The van der Waals surface area contributed by atoms with Crippen LogP contribution in [0.1, 0.15) is 11.1 Å². The van der Waals surface area contributed by atoms with Gasteiger partial charge in [-0.1, -0.05) is 24.3 Å². The molecule has 106 valence electrons. The summed E-state index contributed by atoms with van der Waals surface area (Å²) in [6, 6.07) is 9.66. The Labute approximate surface area is 118 Å². The average molecular weight is 274 g/mol. The molecule has 1 aromatic heterocycles. The van der Waals surface area contributed by atoms with Crippen LogP contribution >= 0.6 is 0 Å². The Hall–Kier alpha value is -2.34. The first-order valence-electron chi connectivity index (χ1n) is 6.24. The van der Waals surface area contributed by atoms with Crippen LogP contribution < -0.4 is 20.5 Å². The van der Waals surface area contributed by atoms with Gasteiger partial charge >= 0.3 is 0 Å². The van der Waals surface area contributed by atoms with Gasteiger partial charge in [-0.2, -0.15) is 9.97 Å². The molecular weight excluding hydrogens is 256 g/mol. The number of nitrogens with zero attached hydrogens (tertiary/aromatic N) is 2. The third-order valence-corrected chi connectivity index (χ3v) is 2.78. The summed E-state index contributed by atoms with van der Waals surface area (Å²) in [4.78, 5) is 8.42. The predicted molar refractivity (Wildman–Crippen MR) is 76.8 cm³/mol. The van der Waals surface area contributed by atoms with Gasteiger partial charge in [-0.3, -0.25) is 0 Å². The highest BCUT2D eigenvalue weighted by molar-refractivity contribution is 5.35. The molecule has 0 bridgehead atoms. The minimum absolute atomic E-state index is 0.454. The summed E-state index contributed by atoms with van der Waals surface area (Å²) in [5, 5.41) is 3.14. The van der Waals surface area contributed by atoms with E-state index < -0.39 is 0 Å². The van der Waals surface area contributed by atoms with Gasteiger partial charge in [0, 0.05) is 13.1 Å². The molecule has 0 saturated heterocycles. The zero-order valence-electron chi connectivity index (χ0n) is 11.6. The molecule has 6 heteroatoms. The summed E-state index contributed by atoms with van der Waals surface area (Å²) in [6.45, 7) is 1.13. The maximum atomic E-state index is 5.62. The zero-order chi connectivity index (χ0) is 14.4. The molecule has 2 aromatic rings. The minimum atomic E-state index is 0.454. The highest BCUT2D eigenvalue weighted by Crippen LogP contribution is 2.17. The first-order valence-corrected chi connectivity index (χ1v) is 6.24. The third-order valence-electron chi connectivity index (χ3n) is 2.78. The van der Waals surface area contributed by atoms with Crippen LogP contribution in [0.5, 0.6) is 11.8 Å². The molecule has 0 spiro atoms. The van der Waals surface area contributed by atoms with Crippen molar-refractivity contribution >= 4 is 5.95 Å². The molecule has 0 radical (unpaired) electrons. The molecule has 0 saturated carbocycles. The van der Waals surface area contributed by atoms with Gasteiger partial charge in [-0.25, -0.2) is 0 Å². The molecule has 0 atom stereocenters. The minimum Gasteiger partial charge on any atom is -0.481 e. The SMILES string of the molecule is COc1cc(OC)nc(NCc2cccc(CN)c2)n1. The number of benzene rings is 1. The van der Waals surface area contributed by atoms with E-state index in [0.717, 1.165) is 11.1 Å². The van der Waals surface area contributed by atoms with Crippen molar-refractivity contribution in [3.05, 3.63) is 41.5 Å². The molecule has 0 amide bonds. The van der Waals surface area contributed by atoms with Crippen LogP contribution in [0, 0.1) is 0 Å². The number of rotatable bonds is 6. The number of hydrogen-bond donors (Lipinski definition) is 2. The van der Waals surface area contributed by atoms with Gasteiger partial charge in [0.2, 0.25) is 17.7 Å². The van der Waals surface area contributed by atoms with Crippen LogP contribution in [-0.4, -0.2) is 24.2 Å². The molecule has 0 fully saturated rings. The maximum Gasteiger partial charge on any atom is 0.229 e. The second-order valence-corrected chi connectivity index (χ2v) is 4.15. The summed E-state index contributed by atoms with van der Waals surface area (Å²) < 4.78 is 10.2. The fourth-order valence-electron chi connectivity index (χ4n) is 1.74. The van der Waals surface area contributed by atoms with Crippen LogP contribution in [0.25, 0.3) is 0 Å². The molecule has 1 aromatic carbocycles. The smallest absolute Gasteiger partial charge is 0.229 e.